The van der Waals surface area contributed by atoms with Crippen molar-refractivity contribution in [3.05, 3.63) is 54.2 Å². The van der Waals surface area contributed by atoms with Gasteiger partial charge >= 0.3 is 0 Å². The fraction of sp³-hybridized carbons (Fsp3) is 0.333. The number of likely N-dealkylation sites (N-methyl/N-ethyl adjacent to an activating group) is 1. The Kier molecular flexibility index (Phi) is 10.8. The van der Waals surface area contributed by atoms with Gasteiger partial charge in [0.05, 0.1) is 6.54 Å². The molecule has 0 radical (unpaired) electrons. The summed E-state index contributed by atoms with van der Waals surface area (Å²) < 4.78 is 0. The molecule has 0 aliphatic carbocycles. The maximum absolute atomic E-state index is 12.7. The normalized spacial score (nSPS) is 10.2. The Bertz CT molecular complexity index is 1090. The van der Waals surface area contributed by atoms with E-state index in [1.54, 1.807) is 24.3 Å². The number of carbonyl (C=O) groups excluding carboxylic acids is 4. The van der Waals surface area contributed by atoms with Crippen molar-refractivity contribution in [3.63, 3.8) is 0 Å². The average Bonchev–Trinajstić information content (AvgIpc) is 2.86. The fourth-order valence-electron chi connectivity index (χ4n) is 2.95. The zero-order chi connectivity index (χ0) is 26.5. The molecule has 4 amide bonds. The standard InChI is InChI=1S/C24H32N8O4/c1-4-11-27-22-18(14-29-24(31-22)30-17-9-7-16(8-10-17)21(25)35)23(36)28-13-6-12-26-19(33)15-32(3)20(34)5-2/h5,7-10,14H,2,4,6,11-13,15H2,1,3H3,(H2,25,35)(H,26,33)(H,28,36)(H2,27,29,30,31). The van der Waals surface area contributed by atoms with E-state index in [0.29, 0.717) is 43.1 Å². The summed E-state index contributed by atoms with van der Waals surface area (Å²) >= 11 is 0. The highest BCUT2D eigenvalue weighted by molar-refractivity contribution is 5.98. The Morgan fingerprint density at radius 1 is 1.08 bits per heavy atom. The van der Waals surface area contributed by atoms with E-state index in [0.717, 1.165) is 12.5 Å². The van der Waals surface area contributed by atoms with E-state index >= 15 is 0 Å². The summed E-state index contributed by atoms with van der Waals surface area (Å²) in [5, 5.41) is 11.7. The van der Waals surface area contributed by atoms with E-state index in [2.05, 4.69) is 37.8 Å². The monoisotopic (exact) mass is 496 g/mol. The summed E-state index contributed by atoms with van der Waals surface area (Å²) in [5.41, 5.74) is 6.58. The van der Waals surface area contributed by atoms with Crippen LogP contribution in [0.15, 0.2) is 43.1 Å². The third-order valence-corrected chi connectivity index (χ3v) is 4.89. The van der Waals surface area contributed by atoms with Crippen LogP contribution in [0.1, 0.15) is 40.5 Å². The first-order valence-corrected chi connectivity index (χ1v) is 11.4. The molecule has 1 aromatic carbocycles. The first-order chi connectivity index (χ1) is 17.2. The first kappa shape index (κ1) is 27.8. The van der Waals surface area contributed by atoms with E-state index in [1.165, 1.54) is 18.1 Å². The molecular weight excluding hydrogens is 464 g/mol. The lowest BCUT2D eigenvalue weighted by Gasteiger charge is -2.15. The number of anilines is 3. The Morgan fingerprint density at radius 3 is 2.42 bits per heavy atom. The summed E-state index contributed by atoms with van der Waals surface area (Å²) in [6.45, 7) is 6.56. The summed E-state index contributed by atoms with van der Waals surface area (Å²) in [5.74, 6) is -0.855. The van der Waals surface area contributed by atoms with Gasteiger partial charge in [0.25, 0.3) is 5.91 Å². The molecule has 0 fully saturated rings. The smallest absolute Gasteiger partial charge is 0.256 e. The van der Waals surface area contributed by atoms with Crippen molar-refractivity contribution in [2.24, 2.45) is 5.73 Å². The molecule has 6 N–H and O–H groups in total. The average molecular weight is 497 g/mol. The number of aromatic nitrogens is 2. The molecule has 0 saturated carbocycles. The molecule has 0 bridgehead atoms. The molecule has 2 rings (SSSR count). The predicted molar refractivity (Wildman–Crippen MR) is 137 cm³/mol. The molecule has 0 aliphatic heterocycles. The molecule has 0 atom stereocenters. The van der Waals surface area contributed by atoms with Gasteiger partial charge in [0, 0.05) is 44.1 Å². The largest absolute Gasteiger partial charge is 0.369 e. The third kappa shape index (κ3) is 8.70. The van der Waals surface area contributed by atoms with Gasteiger partial charge in [-0.05, 0) is 43.2 Å². The zero-order valence-electron chi connectivity index (χ0n) is 20.5. The Hall–Kier alpha value is -4.48. The minimum Gasteiger partial charge on any atom is -0.369 e. The van der Waals surface area contributed by atoms with Crippen molar-refractivity contribution < 1.29 is 19.2 Å². The minimum atomic E-state index is -0.519. The van der Waals surface area contributed by atoms with Crippen LogP contribution in [0.2, 0.25) is 0 Å². The maximum atomic E-state index is 12.7. The van der Waals surface area contributed by atoms with E-state index < -0.39 is 5.91 Å². The van der Waals surface area contributed by atoms with Gasteiger partial charge in [-0.15, -0.1) is 0 Å². The first-order valence-electron chi connectivity index (χ1n) is 11.4. The molecule has 0 spiro atoms. The lowest BCUT2D eigenvalue weighted by molar-refractivity contribution is -0.131. The van der Waals surface area contributed by atoms with Gasteiger partial charge < -0.3 is 31.9 Å². The van der Waals surface area contributed by atoms with Crippen LogP contribution in [0.25, 0.3) is 0 Å². The van der Waals surface area contributed by atoms with Crippen molar-refractivity contribution in [1.29, 1.82) is 0 Å². The molecule has 1 aromatic heterocycles. The molecular formula is C24H32N8O4. The molecule has 36 heavy (non-hydrogen) atoms. The Labute approximate surface area is 209 Å². The lowest BCUT2D eigenvalue weighted by Crippen LogP contribution is -2.38. The van der Waals surface area contributed by atoms with Gasteiger partial charge in [0.1, 0.15) is 11.4 Å². The highest BCUT2D eigenvalue weighted by Gasteiger charge is 2.15. The van der Waals surface area contributed by atoms with Gasteiger partial charge in [-0.1, -0.05) is 13.5 Å². The molecule has 2 aromatic rings. The summed E-state index contributed by atoms with van der Waals surface area (Å²) in [6.07, 6.45) is 3.89. The number of nitrogens with one attached hydrogen (secondary N) is 4. The van der Waals surface area contributed by atoms with Crippen LogP contribution in [0.5, 0.6) is 0 Å². The van der Waals surface area contributed by atoms with Crippen LogP contribution in [0.3, 0.4) is 0 Å². The highest BCUT2D eigenvalue weighted by Crippen LogP contribution is 2.18. The zero-order valence-corrected chi connectivity index (χ0v) is 20.5. The van der Waals surface area contributed by atoms with Gasteiger partial charge in [-0.3, -0.25) is 19.2 Å². The molecule has 12 heteroatoms. The van der Waals surface area contributed by atoms with E-state index in [-0.39, 0.29) is 35.8 Å². The van der Waals surface area contributed by atoms with Crippen molar-refractivity contribution in [3.8, 4) is 0 Å². The van der Waals surface area contributed by atoms with E-state index in [9.17, 15) is 19.2 Å². The molecule has 192 valence electrons. The number of primary amides is 1. The van der Waals surface area contributed by atoms with Gasteiger partial charge in [-0.2, -0.15) is 4.98 Å². The number of hydrogen-bond donors (Lipinski definition) is 5. The number of benzene rings is 1. The predicted octanol–water partition coefficient (Wildman–Crippen LogP) is 1.02. The lowest BCUT2D eigenvalue weighted by atomic mass is 10.2. The van der Waals surface area contributed by atoms with Gasteiger partial charge in [0.15, 0.2) is 0 Å². The van der Waals surface area contributed by atoms with Crippen molar-refractivity contribution in [2.45, 2.75) is 19.8 Å². The number of hydrogen-bond acceptors (Lipinski definition) is 8. The Balaban J connectivity index is 1.91. The number of nitrogens with zero attached hydrogens (tertiary/aromatic N) is 3. The van der Waals surface area contributed by atoms with Crippen LogP contribution < -0.4 is 27.0 Å². The molecule has 1 heterocycles. The minimum absolute atomic E-state index is 0.0727. The maximum Gasteiger partial charge on any atom is 0.256 e. The second-order valence-corrected chi connectivity index (χ2v) is 7.81. The summed E-state index contributed by atoms with van der Waals surface area (Å²) in [4.78, 5) is 57.1. The number of carbonyl (C=O) groups is 4. The van der Waals surface area contributed by atoms with Crippen LogP contribution in [0.4, 0.5) is 17.5 Å². The second kappa shape index (κ2) is 14.0. The van der Waals surface area contributed by atoms with Crippen molar-refractivity contribution in [1.82, 2.24) is 25.5 Å². The topological polar surface area (TPSA) is 171 Å². The van der Waals surface area contributed by atoms with Crippen LogP contribution in [-0.4, -0.2) is 71.7 Å². The van der Waals surface area contributed by atoms with Gasteiger partial charge in [0.2, 0.25) is 23.7 Å². The Morgan fingerprint density at radius 2 is 1.78 bits per heavy atom. The van der Waals surface area contributed by atoms with Crippen molar-refractivity contribution >= 4 is 41.1 Å². The number of amides is 4. The van der Waals surface area contributed by atoms with Crippen LogP contribution >= 0.6 is 0 Å². The summed E-state index contributed by atoms with van der Waals surface area (Å²) in [7, 11) is 1.51. The molecule has 0 saturated heterocycles. The van der Waals surface area contributed by atoms with Gasteiger partial charge in [-0.25, -0.2) is 4.98 Å². The molecule has 0 unspecified atom stereocenters. The quantitative estimate of drug-likeness (QED) is 0.190. The molecule has 12 nitrogen and oxygen atoms in total. The van der Waals surface area contributed by atoms with Crippen molar-refractivity contribution in [2.75, 3.05) is 43.9 Å². The van der Waals surface area contributed by atoms with Crippen LogP contribution in [0, 0.1) is 0 Å². The fourth-order valence-corrected chi connectivity index (χ4v) is 2.95. The third-order valence-electron chi connectivity index (χ3n) is 4.89. The second-order valence-electron chi connectivity index (χ2n) is 7.81. The summed E-state index contributed by atoms with van der Waals surface area (Å²) in [6, 6.07) is 6.53. The number of nitrogens with two attached hydrogens (primary N) is 1. The van der Waals surface area contributed by atoms with E-state index in [4.69, 9.17) is 5.73 Å². The number of rotatable bonds is 14. The van der Waals surface area contributed by atoms with Crippen LogP contribution in [-0.2, 0) is 9.59 Å². The van der Waals surface area contributed by atoms with E-state index in [1.807, 2.05) is 6.92 Å². The SMILES string of the molecule is C=CC(=O)N(C)CC(=O)NCCCNC(=O)c1cnc(Nc2ccc(C(N)=O)cc2)nc1NCCC. The molecule has 0 aliphatic rings. The highest BCUT2D eigenvalue weighted by atomic mass is 16.2.